The fourth-order valence-electron chi connectivity index (χ4n) is 3.31. The molecule has 4 N–H and O–H groups in total. The molecule has 1 saturated heterocycles. The van der Waals surface area contributed by atoms with E-state index in [2.05, 4.69) is 10.2 Å². The predicted octanol–water partition coefficient (Wildman–Crippen LogP) is 0.0588. The molecule has 0 spiro atoms. The van der Waals surface area contributed by atoms with Crippen molar-refractivity contribution < 1.29 is 24.9 Å². The van der Waals surface area contributed by atoms with Crippen LogP contribution in [-0.4, -0.2) is 71.5 Å². The lowest BCUT2D eigenvalue weighted by Gasteiger charge is -2.33. The molecule has 1 amide bonds. The average Bonchev–Trinajstić information content (AvgIpc) is 3.09. The number of amides is 1. The number of nitrogens with one attached hydrogen (secondary N) is 1. The van der Waals surface area contributed by atoms with Crippen LogP contribution in [0.5, 0.6) is 0 Å². The van der Waals surface area contributed by atoms with Crippen molar-refractivity contribution >= 4 is 12.4 Å². The van der Waals surface area contributed by atoms with Crippen LogP contribution in [0.25, 0.3) is 0 Å². The van der Waals surface area contributed by atoms with Crippen molar-refractivity contribution in [2.45, 2.75) is 44.6 Å². The molecular formula is C16H30N2O5. The molecule has 2 rings (SSSR count). The highest BCUT2D eigenvalue weighted by Gasteiger charge is 2.25. The highest BCUT2D eigenvalue weighted by atomic mass is 16.3. The summed E-state index contributed by atoms with van der Waals surface area (Å²) in [5.41, 5.74) is 0. The van der Waals surface area contributed by atoms with E-state index in [4.69, 9.17) is 15.0 Å². The van der Waals surface area contributed by atoms with E-state index in [0.29, 0.717) is 12.5 Å². The molecule has 1 aliphatic carbocycles. The molecule has 0 bridgehead atoms. The maximum atomic E-state index is 12.0. The number of nitrogens with zero attached hydrogens (tertiary/aromatic N) is 1. The van der Waals surface area contributed by atoms with Gasteiger partial charge in [-0.25, -0.2) is 0 Å². The molecule has 134 valence electrons. The fourth-order valence-corrected chi connectivity index (χ4v) is 3.31. The Morgan fingerprint density at radius 1 is 1.22 bits per heavy atom. The minimum absolute atomic E-state index is 0.169. The number of aliphatic hydroxyl groups excluding tert-OH is 2. The van der Waals surface area contributed by atoms with E-state index < -0.39 is 6.10 Å². The minimum atomic E-state index is -0.631. The highest BCUT2D eigenvalue weighted by molar-refractivity contribution is 5.78. The van der Waals surface area contributed by atoms with Crippen LogP contribution >= 0.6 is 0 Å². The molecule has 2 aliphatic rings. The number of hydrogen-bond acceptors (Lipinski definition) is 5. The summed E-state index contributed by atoms with van der Waals surface area (Å²) in [7, 11) is 0. The Morgan fingerprint density at radius 3 is 2.30 bits per heavy atom. The molecule has 0 aromatic rings. The summed E-state index contributed by atoms with van der Waals surface area (Å²) >= 11 is 0. The summed E-state index contributed by atoms with van der Waals surface area (Å²) < 4.78 is 0. The van der Waals surface area contributed by atoms with Gasteiger partial charge in [0.05, 0.1) is 12.7 Å². The third kappa shape index (κ3) is 7.76. The Balaban J connectivity index is 0.000000816. The lowest BCUT2D eigenvalue weighted by molar-refractivity contribution is -0.125. The monoisotopic (exact) mass is 330 g/mol. The van der Waals surface area contributed by atoms with Crippen molar-refractivity contribution in [3.05, 3.63) is 0 Å². The first kappa shape index (κ1) is 19.9. The van der Waals surface area contributed by atoms with Crippen LogP contribution in [0.3, 0.4) is 0 Å². The lowest BCUT2D eigenvalue weighted by atomic mass is 9.96. The molecule has 7 nitrogen and oxygen atoms in total. The van der Waals surface area contributed by atoms with Crippen LogP contribution in [0.1, 0.15) is 38.5 Å². The van der Waals surface area contributed by atoms with E-state index >= 15 is 0 Å². The Hall–Kier alpha value is -1.18. The molecule has 2 fully saturated rings. The van der Waals surface area contributed by atoms with Crippen molar-refractivity contribution in [1.29, 1.82) is 0 Å². The molecule has 7 heteroatoms. The van der Waals surface area contributed by atoms with E-state index in [0.717, 1.165) is 45.3 Å². The topological polar surface area (TPSA) is 110 Å². The van der Waals surface area contributed by atoms with Crippen molar-refractivity contribution in [2.24, 2.45) is 11.8 Å². The summed E-state index contributed by atoms with van der Waals surface area (Å²) in [4.78, 5) is 22.5. The maximum absolute atomic E-state index is 12.0. The van der Waals surface area contributed by atoms with Gasteiger partial charge in [0.1, 0.15) is 0 Å². The molecule has 23 heavy (non-hydrogen) atoms. The summed E-state index contributed by atoms with van der Waals surface area (Å²) in [6, 6.07) is 0. The zero-order valence-electron chi connectivity index (χ0n) is 13.7. The SMILES string of the molecule is O=C(NCC1CCN(CC(O)CO)CC1)C1CCCC1.O=CO. The van der Waals surface area contributed by atoms with Gasteiger partial charge in [0.15, 0.2) is 0 Å². The fraction of sp³-hybridized carbons (Fsp3) is 0.875. The van der Waals surface area contributed by atoms with Gasteiger partial charge in [-0.3, -0.25) is 9.59 Å². The van der Waals surface area contributed by atoms with E-state index in [1.165, 1.54) is 12.8 Å². The molecule has 0 aromatic heterocycles. The van der Waals surface area contributed by atoms with E-state index in [-0.39, 0.29) is 24.9 Å². The lowest BCUT2D eigenvalue weighted by Crippen LogP contribution is -2.43. The highest BCUT2D eigenvalue weighted by Crippen LogP contribution is 2.25. The van der Waals surface area contributed by atoms with E-state index in [1.807, 2.05) is 0 Å². The van der Waals surface area contributed by atoms with Crippen LogP contribution in [0, 0.1) is 11.8 Å². The number of likely N-dealkylation sites (tertiary alicyclic amines) is 1. The van der Waals surface area contributed by atoms with E-state index in [9.17, 15) is 9.90 Å². The van der Waals surface area contributed by atoms with Crippen LogP contribution in [-0.2, 0) is 9.59 Å². The molecule has 1 atom stereocenters. The van der Waals surface area contributed by atoms with Gasteiger partial charge in [-0.2, -0.15) is 0 Å². The first-order valence-corrected chi connectivity index (χ1v) is 8.47. The van der Waals surface area contributed by atoms with Crippen LogP contribution in [0.4, 0.5) is 0 Å². The van der Waals surface area contributed by atoms with E-state index in [1.54, 1.807) is 0 Å². The standard InChI is InChI=1S/C15H28N2O3.CH2O2/c18-11-14(19)10-17-7-5-12(6-8-17)9-16-15(20)13-3-1-2-4-13;2-1-3/h12-14,18-19H,1-11H2,(H,16,20);1H,(H,2,3). The van der Waals surface area contributed by atoms with Crippen LogP contribution < -0.4 is 5.32 Å². The van der Waals surface area contributed by atoms with Gasteiger partial charge in [-0.1, -0.05) is 12.8 Å². The summed E-state index contributed by atoms with van der Waals surface area (Å²) in [6.45, 7) is 2.82. The number of carbonyl (C=O) groups excluding carboxylic acids is 1. The van der Waals surface area contributed by atoms with Crippen molar-refractivity contribution in [3.8, 4) is 0 Å². The second-order valence-electron chi connectivity index (χ2n) is 6.41. The third-order valence-electron chi connectivity index (χ3n) is 4.68. The second-order valence-corrected chi connectivity index (χ2v) is 6.41. The summed E-state index contributed by atoms with van der Waals surface area (Å²) in [5.74, 6) is 1.07. The second kappa shape index (κ2) is 11.4. The van der Waals surface area contributed by atoms with Crippen LogP contribution in [0.2, 0.25) is 0 Å². The Bertz CT molecular complexity index is 339. The van der Waals surface area contributed by atoms with Crippen molar-refractivity contribution in [2.75, 3.05) is 32.8 Å². The largest absolute Gasteiger partial charge is 0.483 e. The Morgan fingerprint density at radius 2 is 1.78 bits per heavy atom. The number of hydrogen-bond donors (Lipinski definition) is 4. The average molecular weight is 330 g/mol. The normalized spacial score (nSPS) is 21.3. The van der Waals surface area contributed by atoms with Gasteiger partial charge in [0.25, 0.3) is 6.47 Å². The van der Waals surface area contributed by atoms with Gasteiger partial charge in [0.2, 0.25) is 5.91 Å². The predicted molar refractivity (Wildman–Crippen MR) is 85.9 cm³/mol. The number of rotatable bonds is 6. The third-order valence-corrected chi connectivity index (χ3v) is 4.68. The Kier molecular flexibility index (Phi) is 9.82. The molecule has 1 unspecified atom stereocenters. The quantitative estimate of drug-likeness (QED) is 0.513. The first-order valence-electron chi connectivity index (χ1n) is 8.47. The molecule has 0 aromatic carbocycles. The van der Waals surface area contributed by atoms with Gasteiger partial charge in [-0.15, -0.1) is 0 Å². The molecular weight excluding hydrogens is 300 g/mol. The first-order chi connectivity index (χ1) is 11.1. The zero-order valence-corrected chi connectivity index (χ0v) is 13.7. The number of carboxylic acid groups (broad SMARTS) is 1. The van der Waals surface area contributed by atoms with Gasteiger partial charge in [0, 0.05) is 19.0 Å². The van der Waals surface area contributed by atoms with Gasteiger partial charge < -0.3 is 25.5 Å². The van der Waals surface area contributed by atoms with Crippen molar-refractivity contribution in [1.82, 2.24) is 10.2 Å². The summed E-state index contributed by atoms with van der Waals surface area (Å²) in [6.07, 6.45) is 6.00. The number of piperidine rings is 1. The molecule has 1 saturated carbocycles. The number of aliphatic hydroxyl groups is 2. The smallest absolute Gasteiger partial charge is 0.290 e. The maximum Gasteiger partial charge on any atom is 0.290 e. The minimum Gasteiger partial charge on any atom is -0.483 e. The number of carbonyl (C=O) groups is 2. The van der Waals surface area contributed by atoms with Crippen LogP contribution in [0.15, 0.2) is 0 Å². The summed E-state index contributed by atoms with van der Waals surface area (Å²) in [5, 5.41) is 28.3. The zero-order chi connectivity index (χ0) is 17.1. The Labute approximate surface area is 137 Å². The molecule has 0 radical (unpaired) electrons. The number of β-amino-alcohol motifs (C(OH)–C–C–N with tert-alkyl or cyclic N) is 1. The molecule has 1 aliphatic heterocycles. The van der Waals surface area contributed by atoms with Gasteiger partial charge >= 0.3 is 0 Å². The molecule has 1 heterocycles. The van der Waals surface area contributed by atoms with Gasteiger partial charge in [-0.05, 0) is 44.7 Å². The van der Waals surface area contributed by atoms with Crippen molar-refractivity contribution in [3.63, 3.8) is 0 Å².